The van der Waals surface area contributed by atoms with Crippen LogP contribution in [-0.2, 0) is 15.1 Å². The maximum Gasteiger partial charge on any atom is 0.325 e. The quantitative estimate of drug-likeness (QED) is 0.736. The molecule has 2 aromatic carbocycles. The van der Waals surface area contributed by atoms with E-state index >= 15 is 0 Å². The molecule has 2 aliphatic heterocycles. The van der Waals surface area contributed by atoms with Crippen molar-refractivity contribution in [2.24, 2.45) is 0 Å². The minimum atomic E-state index is -1.55. The second-order valence-corrected chi connectivity index (χ2v) is 8.21. The number of nitrogens with one attached hydrogen (secondary N) is 1. The minimum absolute atomic E-state index is 0.0680. The van der Waals surface area contributed by atoms with Crippen LogP contribution in [0.25, 0.3) is 0 Å². The average Bonchev–Trinajstić information content (AvgIpc) is 2.98. The summed E-state index contributed by atoms with van der Waals surface area (Å²) in [4.78, 5) is 42.8. The number of piperazine rings is 1. The van der Waals surface area contributed by atoms with Crippen molar-refractivity contribution in [2.45, 2.75) is 12.5 Å². The van der Waals surface area contributed by atoms with Gasteiger partial charge in [0.05, 0.1) is 0 Å². The van der Waals surface area contributed by atoms with Gasteiger partial charge in [-0.05, 0) is 31.2 Å². The smallest absolute Gasteiger partial charge is 0.325 e. The monoisotopic (exact) mass is 444 g/mol. The Kier molecular flexibility index (Phi) is 5.58. The Hall–Kier alpha value is -3.13. The van der Waals surface area contributed by atoms with Crippen LogP contribution in [-0.4, -0.2) is 60.4 Å². The number of carbonyl (C=O) groups is 3. The molecular weight excluding hydrogens is 423 g/mol. The molecule has 1 unspecified atom stereocenters. The van der Waals surface area contributed by atoms with Gasteiger partial charge in [0.25, 0.3) is 5.91 Å². The number of nitrogens with zero attached hydrogens (tertiary/aromatic N) is 3. The molecule has 4 rings (SSSR count). The predicted molar refractivity (Wildman–Crippen MR) is 114 cm³/mol. The van der Waals surface area contributed by atoms with Gasteiger partial charge in [0.15, 0.2) is 0 Å². The normalized spacial score (nSPS) is 21.5. The number of amides is 4. The molecule has 31 heavy (non-hydrogen) atoms. The Balaban J connectivity index is 1.41. The molecule has 0 aromatic heterocycles. The molecule has 4 amide bonds. The van der Waals surface area contributed by atoms with Crippen molar-refractivity contribution in [1.82, 2.24) is 15.1 Å². The van der Waals surface area contributed by atoms with Crippen molar-refractivity contribution in [3.05, 3.63) is 64.9 Å². The first-order valence-corrected chi connectivity index (χ1v) is 10.3. The third-order valence-electron chi connectivity index (χ3n) is 5.79. The SMILES string of the molecule is CC1(c2ccccc2F)NC(=O)N(CC(=O)N2CCN(c3cccc(Cl)c3)CC2)C1=O. The summed E-state index contributed by atoms with van der Waals surface area (Å²) in [7, 11) is 0. The summed E-state index contributed by atoms with van der Waals surface area (Å²) in [5.41, 5.74) is -0.499. The van der Waals surface area contributed by atoms with E-state index in [0.29, 0.717) is 31.2 Å². The van der Waals surface area contributed by atoms with Crippen LogP contribution in [0.2, 0.25) is 5.02 Å². The molecule has 2 heterocycles. The number of imide groups is 1. The summed E-state index contributed by atoms with van der Waals surface area (Å²) in [6.45, 7) is 3.20. The van der Waals surface area contributed by atoms with Crippen LogP contribution in [0.15, 0.2) is 48.5 Å². The molecule has 162 valence electrons. The molecule has 0 bridgehead atoms. The predicted octanol–water partition coefficient (Wildman–Crippen LogP) is 2.59. The van der Waals surface area contributed by atoms with Gasteiger partial charge in [-0.3, -0.25) is 14.5 Å². The molecule has 0 radical (unpaired) electrons. The number of benzene rings is 2. The Bertz CT molecular complexity index is 1040. The molecule has 2 saturated heterocycles. The van der Waals surface area contributed by atoms with Crippen LogP contribution in [0.1, 0.15) is 12.5 Å². The largest absolute Gasteiger partial charge is 0.368 e. The van der Waals surface area contributed by atoms with Crippen LogP contribution >= 0.6 is 11.6 Å². The molecular formula is C22H22ClFN4O3. The van der Waals surface area contributed by atoms with E-state index in [1.807, 2.05) is 18.2 Å². The highest BCUT2D eigenvalue weighted by Crippen LogP contribution is 2.30. The van der Waals surface area contributed by atoms with Gasteiger partial charge in [-0.15, -0.1) is 0 Å². The third-order valence-corrected chi connectivity index (χ3v) is 6.02. The summed E-state index contributed by atoms with van der Waals surface area (Å²) in [6.07, 6.45) is 0. The first-order valence-electron chi connectivity index (χ1n) is 9.97. The first kappa shape index (κ1) is 21.1. The number of hydrogen-bond acceptors (Lipinski definition) is 4. The summed E-state index contributed by atoms with van der Waals surface area (Å²) in [5.74, 6) is -1.57. The highest BCUT2D eigenvalue weighted by atomic mass is 35.5. The summed E-state index contributed by atoms with van der Waals surface area (Å²) in [6, 6.07) is 12.6. The number of carbonyl (C=O) groups excluding carboxylic acids is 3. The van der Waals surface area contributed by atoms with Crippen LogP contribution in [0.5, 0.6) is 0 Å². The molecule has 0 spiro atoms. The van der Waals surface area contributed by atoms with Crippen LogP contribution in [0.3, 0.4) is 0 Å². The zero-order valence-electron chi connectivity index (χ0n) is 17.0. The summed E-state index contributed by atoms with van der Waals surface area (Å²) < 4.78 is 14.3. The van der Waals surface area contributed by atoms with Crippen molar-refractivity contribution in [3.63, 3.8) is 0 Å². The van der Waals surface area contributed by atoms with Crippen LogP contribution in [0, 0.1) is 5.82 Å². The van der Waals surface area contributed by atoms with E-state index in [4.69, 9.17) is 11.6 Å². The second-order valence-electron chi connectivity index (χ2n) is 7.77. The molecule has 1 N–H and O–H groups in total. The molecule has 0 aliphatic carbocycles. The second kappa shape index (κ2) is 8.19. The van der Waals surface area contributed by atoms with Gasteiger partial charge in [-0.25, -0.2) is 9.18 Å². The third kappa shape index (κ3) is 3.95. The number of urea groups is 1. The molecule has 2 fully saturated rings. The highest BCUT2D eigenvalue weighted by molar-refractivity contribution is 6.30. The lowest BCUT2D eigenvalue weighted by atomic mass is 9.91. The van der Waals surface area contributed by atoms with Gasteiger partial charge in [0.2, 0.25) is 5.91 Å². The van der Waals surface area contributed by atoms with Crippen molar-refractivity contribution in [1.29, 1.82) is 0 Å². The molecule has 7 nitrogen and oxygen atoms in total. The lowest BCUT2D eigenvalue weighted by Crippen LogP contribution is -2.52. The van der Waals surface area contributed by atoms with Crippen molar-refractivity contribution in [2.75, 3.05) is 37.6 Å². The van der Waals surface area contributed by atoms with Gasteiger partial charge >= 0.3 is 6.03 Å². The Labute approximate surface area is 184 Å². The Morgan fingerprint density at radius 2 is 1.81 bits per heavy atom. The lowest BCUT2D eigenvalue weighted by molar-refractivity contribution is -0.139. The number of anilines is 1. The molecule has 9 heteroatoms. The lowest BCUT2D eigenvalue weighted by Gasteiger charge is -2.36. The van der Waals surface area contributed by atoms with E-state index in [1.165, 1.54) is 25.1 Å². The molecule has 1 atom stereocenters. The van der Waals surface area contributed by atoms with E-state index in [0.717, 1.165) is 10.6 Å². The summed E-state index contributed by atoms with van der Waals surface area (Å²) >= 11 is 6.05. The van der Waals surface area contributed by atoms with E-state index in [-0.39, 0.29) is 18.0 Å². The summed E-state index contributed by atoms with van der Waals surface area (Å²) in [5, 5.41) is 3.18. The van der Waals surface area contributed by atoms with Crippen LogP contribution < -0.4 is 10.2 Å². The van der Waals surface area contributed by atoms with Crippen molar-refractivity contribution < 1.29 is 18.8 Å². The number of halogens is 2. The van der Waals surface area contributed by atoms with E-state index in [2.05, 4.69) is 10.2 Å². The van der Waals surface area contributed by atoms with Crippen molar-refractivity contribution >= 4 is 35.1 Å². The zero-order chi connectivity index (χ0) is 22.2. The fourth-order valence-corrected chi connectivity index (χ4v) is 4.20. The maximum absolute atomic E-state index is 14.3. The van der Waals surface area contributed by atoms with E-state index in [1.54, 1.807) is 17.0 Å². The van der Waals surface area contributed by atoms with Gasteiger partial charge in [-0.2, -0.15) is 0 Å². The van der Waals surface area contributed by atoms with Crippen LogP contribution in [0.4, 0.5) is 14.9 Å². The topological polar surface area (TPSA) is 73.0 Å². The van der Waals surface area contributed by atoms with E-state index < -0.39 is 23.3 Å². The van der Waals surface area contributed by atoms with Gasteiger partial charge in [0, 0.05) is 42.5 Å². The number of rotatable bonds is 4. The first-order chi connectivity index (χ1) is 14.8. The Morgan fingerprint density at radius 1 is 1.10 bits per heavy atom. The van der Waals surface area contributed by atoms with Crippen molar-refractivity contribution in [3.8, 4) is 0 Å². The maximum atomic E-state index is 14.3. The van der Waals surface area contributed by atoms with Gasteiger partial charge < -0.3 is 15.1 Å². The fraction of sp³-hybridized carbons (Fsp3) is 0.318. The molecule has 2 aromatic rings. The highest BCUT2D eigenvalue weighted by Gasteiger charge is 2.50. The molecule has 0 saturated carbocycles. The van der Waals surface area contributed by atoms with Gasteiger partial charge in [0.1, 0.15) is 17.9 Å². The zero-order valence-corrected chi connectivity index (χ0v) is 17.7. The standard InChI is InChI=1S/C22H22ClFN4O3/c1-22(17-7-2-3-8-18(17)24)20(30)28(21(31)25-22)14-19(29)27-11-9-26(10-12-27)16-6-4-5-15(23)13-16/h2-8,13H,9-12,14H2,1H3,(H,25,31). The van der Waals surface area contributed by atoms with Gasteiger partial charge in [-0.1, -0.05) is 35.9 Å². The fourth-order valence-electron chi connectivity index (χ4n) is 4.01. The Morgan fingerprint density at radius 3 is 2.48 bits per heavy atom. The molecule has 2 aliphatic rings. The van der Waals surface area contributed by atoms with E-state index in [9.17, 15) is 18.8 Å². The minimum Gasteiger partial charge on any atom is -0.368 e. The number of hydrogen-bond donors (Lipinski definition) is 1. The average molecular weight is 445 g/mol.